The molecule has 0 spiro atoms. The molecule has 5 nitrogen and oxygen atoms in total. The lowest BCUT2D eigenvalue weighted by Gasteiger charge is -2.26. The van der Waals surface area contributed by atoms with Crippen LogP contribution >= 0.6 is 0 Å². The number of hydrogen-bond donors (Lipinski definition) is 0. The molecule has 1 aromatic carbocycles. The van der Waals surface area contributed by atoms with Crippen LogP contribution in [0.2, 0.25) is 0 Å². The van der Waals surface area contributed by atoms with Crippen LogP contribution in [0.15, 0.2) is 28.9 Å². The summed E-state index contributed by atoms with van der Waals surface area (Å²) >= 11 is 0. The summed E-state index contributed by atoms with van der Waals surface area (Å²) in [6.07, 6.45) is 3.42. The largest absolute Gasteiger partial charge is 0.493 e. The number of benzene rings is 1. The van der Waals surface area contributed by atoms with Crippen LogP contribution in [0, 0.1) is 6.92 Å². The SMILES string of the molecule is CCOc1cc2occ(C)c2cc1/C(C)=C/C(=O)N1CCOCC1. The highest BCUT2D eigenvalue weighted by Gasteiger charge is 2.17. The molecule has 1 aliphatic heterocycles. The zero-order valence-corrected chi connectivity index (χ0v) is 14.4. The van der Waals surface area contributed by atoms with Gasteiger partial charge in [-0.2, -0.15) is 0 Å². The van der Waals surface area contributed by atoms with Crippen molar-refractivity contribution in [3.05, 3.63) is 35.6 Å². The third-order valence-corrected chi connectivity index (χ3v) is 4.26. The van der Waals surface area contributed by atoms with E-state index in [0.29, 0.717) is 32.9 Å². The number of nitrogens with zero attached hydrogens (tertiary/aromatic N) is 1. The second-order valence-corrected chi connectivity index (χ2v) is 5.96. The molecule has 3 rings (SSSR count). The molecule has 0 aliphatic carbocycles. The molecule has 0 radical (unpaired) electrons. The van der Waals surface area contributed by atoms with Crippen molar-refractivity contribution in [3.8, 4) is 5.75 Å². The lowest BCUT2D eigenvalue weighted by Crippen LogP contribution is -2.39. The Bertz CT molecular complexity index is 769. The molecule has 2 heterocycles. The van der Waals surface area contributed by atoms with Gasteiger partial charge in [-0.25, -0.2) is 0 Å². The van der Waals surface area contributed by atoms with Crippen molar-refractivity contribution >= 4 is 22.4 Å². The molecule has 128 valence electrons. The fourth-order valence-corrected chi connectivity index (χ4v) is 2.90. The lowest BCUT2D eigenvalue weighted by molar-refractivity contribution is -0.129. The molecular formula is C19H23NO4. The van der Waals surface area contributed by atoms with Gasteiger partial charge in [0.1, 0.15) is 11.3 Å². The molecule has 0 saturated carbocycles. The van der Waals surface area contributed by atoms with E-state index in [1.807, 2.05) is 37.8 Å². The van der Waals surface area contributed by atoms with Crippen molar-refractivity contribution in [2.24, 2.45) is 0 Å². The van der Waals surface area contributed by atoms with Crippen molar-refractivity contribution in [1.29, 1.82) is 0 Å². The Balaban J connectivity index is 1.95. The van der Waals surface area contributed by atoms with Crippen LogP contribution in [0.4, 0.5) is 0 Å². The molecule has 0 N–H and O–H groups in total. The molecule has 0 bridgehead atoms. The van der Waals surface area contributed by atoms with Crippen molar-refractivity contribution in [2.45, 2.75) is 20.8 Å². The number of rotatable bonds is 4. The van der Waals surface area contributed by atoms with Gasteiger partial charge in [0.2, 0.25) is 5.91 Å². The summed E-state index contributed by atoms with van der Waals surface area (Å²) in [5.41, 5.74) is 3.68. The van der Waals surface area contributed by atoms with Crippen molar-refractivity contribution in [1.82, 2.24) is 4.90 Å². The third-order valence-electron chi connectivity index (χ3n) is 4.26. The van der Waals surface area contributed by atoms with E-state index in [1.54, 1.807) is 12.3 Å². The number of carbonyl (C=O) groups excluding carboxylic acids is 1. The van der Waals surface area contributed by atoms with Gasteiger partial charge in [-0.3, -0.25) is 4.79 Å². The maximum absolute atomic E-state index is 12.5. The minimum absolute atomic E-state index is 0.0160. The van der Waals surface area contributed by atoms with Gasteiger partial charge < -0.3 is 18.8 Å². The highest BCUT2D eigenvalue weighted by Crippen LogP contribution is 2.33. The van der Waals surface area contributed by atoms with Crippen LogP contribution in [-0.2, 0) is 9.53 Å². The first kappa shape index (κ1) is 16.6. The quantitative estimate of drug-likeness (QED) is 0.807. The van der Waals surface area contributed by atoms with Crippen LogP contribution in [-0.4, -0.2) is 43.7 Å². The Morgan fingerprint density at radius 1 is 1.33 bits per heavy atom. The molecule has 1 aliphatic rings. The fourth-order valence-electron chi connectivity index (χ4n) is 2.90. The minimum atomic E-state index is 0.0160. The summed E-state index contributed by atoms with van der Waals surface area (Å²) in [5.74, 6) is 0.755. The maximum atomic E-state index is 12.5. The monoisotopic (exact) mass is 329 g/mol. The molecule has 24 heavy (non-hydrogen) atoms. The number of ether oxygens (including phenoxy) is 2. The van der Waals surface area contributed by atoms with Crippen LogP contribution in [0.5, 0.6) is 5.75 Å². The average Bonchev–Trinajstić information content (AvgIpc) is 2.95. The third kappa shape index (κ3) is 3.31. The summed E-state index contributed by atoms with van der Waals surface area (Å²) in [6.45, 7) is 8.93. The van der Waals surface area contributed by atoms with E-state index in [2.05, 4.69) is 0 Å². The van der Waals surface area contributed by atoms with Gasteiger partial charge >= 0.3 is 0 Å². The summed E-state index contributed by atoms with van der Waals surface area (Å²) in [4.78, 5) is 14.3. The first-order valence-electron chi connectivity index (χ1n) is 8.30. The highest BCUT2D eigenvalue weighted by atomic mass is 16.5. The van der Waals surface area contributed by atoms with Crippen LogP contribution in [0.3, 0.4) is 0 Å². The van der Waals surface area contributed by atoms with Gasteiger partial charge in [0.15, 0.2) is 0 Å². The summed E-state index contributed by atoms with van der Waals surface area (Å²) in [7, 11) is 0. The Labute approximate surface area is 141 Å². The average molecular weight is 329 g/mol. The van der Waals surface area contributed by atoms with E-state index in [4.69, 9.17) is 13.9 Å². The zero-order chi connectivity index (χ0) is 17.1. The summed E-state index contributed by atoms with van der Waals surface area (Å²) in [5, 5.41) is 1.04. The molecule has 1 aromatic heterocycles. The number of allylic oxidation sites excluding steroid dienone is 1. The maximum Gasteiger partial charge on any atom is 0.247 e. The first-order chi connectivity index (χ1) is 11.6. The van der Waals surface area contributed by atoms with Gasteiger partial charge in [-0.1, -0.05) is 0 Å². The summed E-state index contributed by atoms with van der Waals surface area (Å²) < 4.78 is 16.6. The van der Waals surface area contributed by atoms with Crippen LogP contribution in [0.1, 0.15) is 25.0 Å². The molecule has 1 fully saturated rings. The van der Waals surface area contributed by atoms with E-state index in [0.717, 1.165) is 33.4 Å². The van der Waals surface area contributed by atoms with Gasteiger partial charge in [-0.15, -0.1) is 0 Å². The Kier molecular flexibility index (Phi) is 4.90. The Morgan fingerprint density at radius 3 is 2.79 bits per heavy atom. The number of carbonyl (C=O) groups is 1. The molecule has 2 aromatic rings. The molecule has 0 atom stereocenters. The van der Waals surface area contributed by atoms with E-state index in [1.165, 1.54) is 0 Å². The van der Waals surface area contributed by atoms with E-state index < -0.39 is 0 Å². The normalized spacial score (nSPS) is 15.8. The van der Waals surface area contributed by atoms with Crippen molar-refractivity contribution < 1.29 is 18.7 Å². The fraction of sp³-hybridized carbons (Fsp3) is 0.421. The molecule has 1 amide bonds. The second kappa shape index (κ2) is 7.09. The zero-order valence-electron chi connectivity index (χ0n) is 14.4. The van der Waals surface area contributed by atoms with Crippen molar-refractivity contribution in [2.75, 3.05) is 32.9 Å². The molecular weight excluding hydrogens is 306 g/mol. The standard InChI is InChI=1S/C19H23NO4/c1-4-23-17-11-18-16(14(3)12-24-18)10-15(17)13(2)9-19(21)20-5-7-22-8-6-20/h9-12H,4-8H2,1-3H3/b13-9+. The lowest BCUT2D eigenvalue weighted by atomic mass is 10.0. The predicted octanol–water partition coefficient (Wildman–Crippen LogP) is 3.40. The summed E-state index contributed by atoms with van der Waals surface area (Å²) in [6, 6.07) is 3.94. The van der Waals surface area contributed by atoms with E-state index >= 15 is 0 Å². The number of aryl methyl sites for hydroxylation is 1. The van der Waals surface area contributed by atoms with Gasteiger partial charge in [0, 0.05) is 36.2 Å². The van der Waals surface area contributed by atoms with E-state index in [9.17, 15) is 4.79 Å². The van der Waals surface area contributed by atoms with Crippen LogP contribution < -0.4 is 4.74 Å². The molecule has 0 unspecified atom stereocenters. The number of fused-ring (bicyclic) bond motifs is 1. The molecule has 5 heteroatoms. The Morgan fingerprint density at radius 2 is 2.08 bits per heavy atom. The highest BCUT2D eigenvalue weighted by molar-refractivity contribution is 5.97. The number of hydrogen-bond acceptors (Lipinski definition) is 4. The number of amides is 1. The smallest absolute Gasteiger partial charge is 0.247 e. The van der Waals surface area contributed by atoms with Gasteiger partial charge in [-0.05, 0) is 38.0 Å². The predicted molar refractivity (Wildman–Crippen MR) is 93.2 cm³/mol. The van der Waals surface area contributed by atoms with Crippen molar-refractivity contribution in [3.63, 3.8) is 0 Å². The van der Waals surface area contributed by atoms with Crippen LogP contribution in [0.25, 0.3) is 16.5 Å². The van der Waals surface area contributed by atoms with E-state index in [-0.39, 0.29) is 5.91 Å². The van der Waals surface area contributed by atoms with Gasteiger partial charge in [0.05, 0.1) is 26.1 Å². The topological polar surface area (TPSA) is 51.9 Å². The molecule has 1 saturated heterocycles. The first-order valence-corrected chi connectivity index (χ1v) is 8.30. The number of furan rings is 1. The second-order valence-electron chi connectivity index (χ2n) is 5.96. The Hall–Kier alpha value is -2.27. The minimum Gasteiger partial charge on any atom is -0.493 e. The van der Waals surface area contributed by atoms with Gasteiger partial charge in [0.25, 0.3) is 0 Å². The number of morpholine rings is 1.